The number of allylic oxidation sites excluding steroid dienone is 18. The highest BCUT2D eigenvalue weighted by Crippen LogP contribution is 2.09. The lowest BCUT2D eigenvalue weighted by Gasteiger charge is -2.15. The third-order valence-corrected chi connectivity index (χ3v) is 7.56. The molecule has 0 aromatic heterocycles. The highest BCUT2D eigenvalue weighted by atomic mass is 16.6. The molecule has 0 aliphatic rings. The highest BCUT2D eigenvalue weighted by Gasteiger charge is 2.16. The van der Waals surface area contributed by atoms with E-state index in [9.17, 15) is 14.7 Å². The van der Waals surface area contributed by atoms with Gasteiger partial charge in [-0.15, -0.1) is 0 Å². The van der Waals surface area contributed by atoms with Gasteiger partial charge in [0, 0.05) is 12.8 Å². The number of carbonyl (C=O) groups excluding carboxylic acids is 2. The number of esters is 2. The Hall–Kier alpha value is -3.44. The van der Waals surface area contributed by atoms with Gasteiger partial charge in [-0.2, -0.15) is 0 Å². The van der Waals surface area contributed by atoms with Crippen LogP contribution in [0, 0.1) is 0 Å². The standard InChI is InChI=1S/C45H70O5/c1-3-5-7-9-11-13-15-17-19-21-22-24-25-27-29-31-33-35-37-39-44(47)49-42-43(41-46)50-45(48)40-38-36-34-32-30-28-26-23-20-18-16-14-12-10-8-6-4-2/h5-8,11-14,17-20,22,24,26-29,43,46H,3-4,9-10,15-16,21,23,25,30-42H2,1-2H3/t43-/m0/s1. The van der Waals surface area contributed by atoms with Crippen LogP contribution in [0.3, 0.4) is 0 Å². The molecule has 0 rings (SSSR count). The monoisotopic (exact) mass is 691 g/mol. The van der Waals surface area contributed by atoms with E-state index < -0.39 is 6.10 Å². The van der Waals surface area contributed by atoms with E-state index in [0.29, 0.717) is 12.8 Å². The normalized spacial score (nSPS) is 13.4. The Morgan fingerprint density at radius 3 is 1.20 bits per heavy atom. The van der Waals surface area contributed by atoms with Crippen LogP contribution in [-0.2, 0) is 19.1 Å². The third kappa shape index (κ3) is 37.4. The molecule has 0 fully saturated rings. The first-order valence-corrected chi connectivity index (χ1v) is 19.4. The van der Waals surface area contributed by atoms with Crippen molar-refractivity contribution in [1.29, 1.82) is 0 Å². The topological polar surface area (TPSA) is 72.8 Å². The maximum Gasteiger partial charge on any atom is 0.306 e. The summed E-state index contributed by atoms with van der Waals surface area (Å²) < 4.78 is 10.6. The number of aliphatic hydroxyl groups is 1. The molecule has 0 unspecified atom stereocenters. The highest BCUT2D eigenvalue weighted by molar-refractivity contribution is 5.70. The van der Waals surface area contributed by atoms with Gasteiger partial charge in [-0.3, -0.25) is 9.59 Å². The zero-order valence-electron chi connectivity index (χ0n) is 31.6. The maximum absolute atomic E-state index is 12.2. The molecule has 0 heterocycles. The predicted octanol–water partition coefficient (Wildman–Crippen LogP) is 12.3. The summed E-state index contributed by atoms with van der Waals surface area (Å²) >= 11 is 0. The molecule has 0 aromatic rings. The predicted molar refractivity (Wildman–Crippen MR) is 214 cm³/mol. The van der Waals surface area contributed by atoms with Crippen molar-refractivity contribution in [2.45, 2.75) is 148 Å². The first kappa shape index (κ1) is 46.6. The van der Waals surface area contributed by atoms with Gasteiger partial charge in [0.05, 0.1) is 6.61 Å². The van der Waals surface area contributed by atoms with Gasteiger partial charge < -0.3 is 14.6 Å². The van der Waals surface area contributed by atoms with Gasteiger partial charge in [0.2, 0.25) is 0 Å². The second kappa shape index (κ2) is 40.0. The molecule has 280 valence electrons. The molecule has 0 aliphatic carbocycles. The number of ether oxygens (including phenoxy) is 2. The zero-order chi connectivity index (χ0) is 36.4. The molecule has 5 nitrogen and oxygen atoms in total. The van der Waals surface area contributed by atoms with E-state index in [1.807, 2.05) is 0 Å². The molecule has 0 aromatic carbocycles. The van der Waals surface area contributed by atoms with E-state index in [1.165, 1.54) is 0 Å². The van der Waals surface area contributed by atoms with Crippen molar-refractivity contribution < 1.29 is 24.2 Å². The van der Waals surface area contributed by atoms with Crippen LogP contribution in [0.5, 0.6) is 0 Å². The van der Waals surface area contributed by atoms with E-state index >= 15 is 0 Å². The van der Waals surface area contributed by atoms with E-state index in [1.54, 1.807) is 0 Å². The molecule has 5 heteroatoms. The van der Waals surface area contributed by atoms with Crippen LogP contribution in [-0.4, -0.2) is 36.4 Å². The van der Waals surface area contributed by atoms with Crippen molar-refractivity contribution >= 4 is 11.9 Å². The van der Waals surface area contributed by atoms with Crippen LogP contribution < -0.4 is 0 Å². The van der Waals surface area contributed by atoms with Crippen molar-refractivity contribution in [3.8, 4) is 0 Å². The van der Waals surface area contributed by atoms with Crippen molar-refractivity contribution in [3.63, 3.8) is 0 Å². The maximum atomic E-state index is 12.2. The van der Waals surface area contributed by atoms with Gasteiger partial charge in [0.25, 0.3) is 0 Å². The van der Waals surface area contributed by atoms with Crippen molar-refractivity contribution in [2.75, 3.05) is 13.2 Å². The van der Waals surface area contributed by atoms with Crippen molar-refractivity contribution in [2.24, 2.45) is 0 Å². The fourth-order valence-electron chi connectivity index (χ4n) is 4.69. The number of unbranched alkanes of at least 4 members (excludes halogenated alkanes) is 7. The number of rotatable bonds is 33. The minimum Gasteiger partial charge on any atom is -0.462 e. The van der Waals surface area contributed by atoms with Gasteiger partial charge in [-0.25, -0.2) is 0 Å². The van der Waals surface area contributed by atoms with E-state index in [0.717, 1.165) is 116 Å². The Kier molecular flexibility index (Phi) is 37.2. The smallest absolute Gasteiger partial charge is 0.306 e. The van der Waals surface area contributed by atoms with Gasteiger partial charge in [0.15, 0.2) is 6.10 Å². The average molecular weight is 691 g/mol. The van der Waals surface area contributed by atoms with Crippen LogP contribution in [0.25, 0.3) is 0 Å². The molecule has 0 saturated heterocycles. The molecule has 50 heavy (non-hydrogen) atoms. The molecule has 0 amide bonds. The largest absolute Gasteiger partial charge is 0.462 e. The summed E-state index contributed by atoms with van der Waals surface area (Å²) in [7, 11) is 0. The summed E-state index contributed by atoms with van der Waals surface area (Å²) in [6, 6.07) is 0. The number of hydrogen-bond acceptors (Lipinski definition) is 5. The minimum atomic E-state index is -0.806. The molecular formula is C45H70O5. The molecular weight excluding hydrogens is 620 g/mol. The Labute approximate surface area is 306 Å². The van der Waals surface area contributed by atoms with E-state index in [4.69, 9.17) is 9.47 Å². The van der Waals surface area contributed by atoms with Crippen LogP contribution >= 0.6 is 0 Å². The first-order valence-electron chi connectivity index (χ1n) is 19.4. The summed E-state index contributed by atoms with van der Waals surface area (Å²) in [4.78, 5) is 24.3. The van der Waals surface area contributed by atoms with Crippen molar-refractivity contribution in [3.05, 3.63) is 109 Å². The summed E-state index contributed by atoms with van der Waals surface area (Å²) in [5.41, 5.74) is 0. The summed E-state index contributed by atoms with van der Waals surface area (Å²) in [6.07, 6.45) is 57.1. The lowest BCUT2D eigenvalue weighted by Crippen LogP contribution is -2.28. The fourth-order valence-corrected chi connectivity index (χ4v) is 4.69. The lowest BCUT2D eigenvalue weighted by atomic mass is 10.1. The van der Waals surface area contributed by atoms with Crippen LogP contribution in [0.1, 0.15) is 142 Å². The average Bonchev–Trinajstić information content (AvgIpc) is 3.12. The molecule has 0 saturated carbocycles. The third-order valence-electron chi connectivity index (χ3n) is 7.56. The summed E-state index contributed by atoms with van der Waals surface area (Å²) in [6.45, 7) is 3.83. The Balaban J connectivity index is 3.73. The van der Waals surface area contributed by atoms with Crippen molar-refractivity contribution in [1.82, 2.24) is 0 Å². The summed E-state index contributed by atoms with van der Waals surface area (Å²) in [5.74, 6) is -0.670. The SMILES string of the molecule is CCC=CCC=CCC=CCC=CCC=CCCCCCC(=O)OC[C@H](CO)OC(=O)CCCCCCC=CCC=CCC=CCC=CCC. The number of aliphatic hydroxyl groups excluding tert-OH is 1. The molecule has 0 bridgehead atoms. The second-order valence-corrected chi connectivity index (χ2v) is 12.2. The van der Waals surface area contributed by atoms with Crippen LogP contribution in [0.4, 0.5) is 0 Å². The van der Waals surface area contributed by atoms with E-state index in [2.05, 4.69) is 123 Å². The number of carbonyl (C=O) groups is 2. The first-order chi connectivity index (χ1) is 24.6. The Morgan fingerprint density at radius 1 is 0.460 bits per heavy atom. The molecule has 0 spiro atoms. The molecule has 1 atom stereocenters. The second-order valence-electron chi connectivity index (χ2n) is 12.2. The van der Waals surface area contributed by atoms with Gasteiger partial charge in [-0.05, 0) is 96.3 Å². The number of hydrogen-bond donors (Lipinski definition) is 1. The van der Waals surface area contributed by atoms with Gasteiger partial charge in [-0.1, -0.05) is 142 Å². The van der Waals surface area contributed by atoms with Gasteiger partial charge in [0.1, 0.15) is 6.61 Å². The Morgan fingerprint density at radius 2 is 0.800 bits per heavy atom. The molecule has 1 N–H and O–H groups in total. The minimum absolute atomic E-state index is 0.101. The molecule has 0 radical (unpaired) electrons. The Bertz CT molecular complexity index is 1050. The van der Waals surface area contributed by atoms with E-state index in [-0.39, 0.29) is 25.2 Å². The lowest BCUT2D eigenvalue weighted by molar-refractivity contribution is -0.161. The van der Waals surface area contributed by atoms with Gasteiger partial charge >= 0.3 is 11.9 Å². The fraction of sp³-hybridized carbons (Fsp3) is 0.556. The van der Waals surface area contributed by atoms with Crippen LogP contribution in [0.15, 0.2) is 109 Å². The summed E-state index contributed by atoms with van der Waals surface area (Å²) in [5, 5.41) is 9.55. The van der Waals surface area contributed by atoms with Crippen LogP contribution in [0.2, 0.25) is 0 Å². The zero-order valence-corrected chi connectivity index (χ0v) is 31.6. The molecule has 0 aliphatic heterocycles. The quantitative estimate of drug-likeness (QED) is 0.0421.